The van der Waals surface area contributed by atoms with E-state index >= 15 is 0 Å². The molecule has 0 atom stereocenters. The van der Waals surface area contributed by atoms with Gasteiger partial charge >= 0.3 is 0 Å². The van der Waals surface area contributed by atoms with Crippen molar-refractivity contribution in [3.63, 3.8) is 0 Å². The standard InChI is InChI=1S/C18H27N/c1-14-12-17(15-8-4-2-5-9-15)19-18(13-14)16-10-6-3-7-11-16/h12-13,15-16H,2-11H2,1H3. The lowest BCUT2D eigenvalue weighted by Crippen LogP contribution is -2.11. The molecule has 0 N–H and O–H groups in total. The van der Waals surface area contributed by atoms with Crippen LogP contribution in [0.5, 0.6) is 0 Å². The van der Waals surface area contributed by atoms with Crippen LogP contribution in [-0.2, 0) is 0 Å². The van der Waals surface area contributed by atoms with Gasteiger partial charge in [0.2, 0.25) is 0 Å². The minimum Gasteiger partial charge on any atom is -0.257 e. The Morgan fingerprint density at radius 3 is 1.58 bits per heavy atom. The van der Waals surface area contributed by atoms with Gasteiger partial charge in [-0.05, 0) is 50.3 Å². The average molecular weight is 257 g/mol. The Morgan fingerprint density at radius 1 is 0.737 bits per heavy atom. The monoisotopic (exact) mass is 257 g/mol. The van der Waals surface area contributed by atoms with E-state index in [2.05, 4.69) is 19.1 Å². The van der Waals surface area contributed by atoms with E-state index < -0.39 is 0 Å². The molecule has 2 fully saturated rings. The molecule has 0 unspecified atom stereocenters. The van der Waals surface area contributed by atoms with Crippen LogP contribution in [0.1, 0.15) is 93.0 Å². The van der Waals surface area contributed by atoms with E-state index in [4.69, 9.17) is 4.98 Å². The summed E-state index contributed by atoms with van der Waals surface area (Å²) in [4.78, 5) is 5.08. The third-order valence-electron chi connectivity index (χ3n) is 5.06. The smallest absolute Gasteiger partial charge is 0.0440 e. The molecule has 1 heterocycles. The molecule has 2 aliphatic rings. The van der Waals surface area contributed by atoms with E-state index in [1.165, 1.54) is 81.2 Å². The molecule has 0 aliphatic heterocycles. The lowest BCUT2D eigenvalue weighted by molar-refractivity contribution is 0.421. The fraction of sp³-hybridized carbons (Fsp3) is 0.722. The first kappa shape index (κ1) is 13.1. The Labute approximate surface area is 117 Å². The van der Waals surface area contributed by atoms with E-state index in [0.717, 1.165) is 11.8 Å². The molecular formula is C18H27N. The van der Waals surface area contributed by atoms with Crippen molar-refractivity contribution in [3.8, 4) is 0 Å². The van der Waals surface area contributed by atoms with Gasteiger partial charge in [-0.2, -0.15) is 0 Å². The summed E-state index contributed by atoms with van der Waals surface area (Å²) in [6.07, 6.45) is 13.9. The maximum Gasteiger partial charge on any atom is 0.0440 e. The zero-order valence-corrected chi connectivity index (χ0v) is 12.3. The van der Waals surface area contributed by atoms with Gasteiger partial charge in [0.05, 0.1) is 0 Å². The van der Waals surface area contributed by atoms with Gasteiger partial charge in [0.25, 0.3) is 0 Å². The highest BCUT2D eigenvalue weighted by Gasteiger charge is 2.21. The van der Waals surface area contributed by atoms with Crippen LogP contribution >= 0.6 is 0 Å². The minimum absolute atomic E-state index is 0.746. The van der Waals surface area contributed by atoms with Crippen molar-refractivity contribution in [2.24, 2.45) is 0 Å². The minimum atomic E-state index is 0.746. The number of rotatable bonds is 2. The third kappa shape index (κ3) is 3.19. The van der Waals surface area contributed by atoms with Crippen LogP contribution in [-0.4, -0.2) is 4.98 Å². The van der Waals surface area contributed by atoms with Gasteiger partial charge in [0.1, 0.15) is 0 Å². The van der Waals surface area contributed by atoms with E-state index in [1.54, 1.807) is 0 Å². The summed E-state index contributed by atoms with van der Waals surface area (Å²) >= 11 is 0. The quantitative estimate of drug-likeness (QED) is 0.683. The van der Waals surface area contributed by atoms with Crippen molar-refractivity contribution >= 4 is 0 Å². The molecular weight excluding hydrogens is 230 g/mol. The van der Waals surface area contributed by atoms with Gasteiger partial charge in [-0.15, -0.1) is 0 Å². The Balaban J connectivity index is 1.82. The Morgan fingerprint density at radius 2 is 1.16 bits per heavy atom. The predicted octanol–water partition coefficient (Wildman–Crippen LogP) is 5.49. The second kappa shape index (κ2) is 6.07. The summed E-state index contributed by atoms with van der Waals surface area (Å²) in [5, 5.41) is 0. The maximum absolute atomic E-state index is 5.08. The number of pyridine rings is 1. The van der Waals surface area contributed by atoms with Gasteiger partial charge in [-0.25, -0.2) is 0 Å². The maximum atomic E-state index is 5.08. The summed E-state index contributed by atoms with van der Waals surface area (Å²) in [5.41, 5.74) is 4.23. The van der Waals surface area contributed by atoms with Gasteiger partial charge < -0.3 is 0 Å². The Hall–Kier alpha value is -0.850. The summed E-state index contributed by atoms with van der Waals surface area (Å²) in [7, 11) is 0. The molecule has 0 saturated heterocycles. The second-order valence-corrected chi connectivity index (χ2v) is 6.66. The van der Waals surface area contributed by atoms with Gasteiger partial charge in [0, 0.05) is 23.2 Å². The van der Waals surface area contributed by atoms with Gasteiger partial charge in [-0.3, -0.25) is 4.98 Å². The average Bonchev–Trinajstić information content (AvgIpc) is 2.48. The zero-order chi connectivity index (χ0) is 13.1. The van der Waals surface area contributed by atoms with Crippen molar-refractivity contribution in [3.05, 3.63) is 29.1 Å². The van der Waals surface area contributed by atoms with E-state index in [1.807, 2.05) is 0 Å². The van der Waals surface area contributed by atoms with Crippen LogP contribution in [0.4, 0.5) is 0 Å². The number of aromatic nitrogens is 1. The van der Waals surface area contributed by atoms with Crippen molar-refractivity contribution in [1.29, 1.82) is 0 Å². The van der Waals surface area contributed by atoms with Gasteiger partial charge in [-0.1, -0.05) is 38.5 Å². The van der Waals surface area contributed by atoms with Crippen LogP contribution in [0.25, 0.3) is 0 Å². The SMILES string of the molecule is Cc1cc(C2CCCCC2)nc(C2CCCCC2)c1. The summed E-state index contributed by atoms with van der Waals surface area (Å²) in [5.74, 6) is 1.49. The van der Waals surface area contributed by atoms with Crippen molar-refractivity contribution < 1.29 is 0 Å². The predicted molar refractivity (Wildman–Crippen MR) is 80.6 cm³/mol. The molecule has 1 aromatic rings. The van der Waals surface area contributed by atoms with E-state index in [9.17, 15) is 0 Å². The first-order chi connectivity index (χ1) is 9.33. The van der Waals surface area contributed by atoms with Crippen molar-refractivity contribution in [2.75, 3.05) is 0 Å². The lowest BCUT2D eigenvalue weighted by Gasteiger charge is -2.25. The van der Waals surface area contributed by atoms with E-state index in [-0.39, 0.29) is 0 Å². The second-order valence-electron chi connectivity index (χ2n) is 6.66. The zero-order valence-electron chi connectivity index (χ0n) is 12.3. The molecule has 1 aromatic heterocycles. The highest BCUT2D eigenvalue weighted by atomic mass is 14.7. The number of hydrogen-bond acceptors (Lipinski definition) is 1. The van der Waals surface area contributed by atoms with Crippen LogP contribution < -0.4 is 0 Å². The Bertz CT molecular complexity index is 375. The van der Waals surface area contributed by atoms with Crippen LogP contribution in [0.15, 0.2) is 12.1 Å². The summed E-state index contributed by atoms with van der Waals surface area (Å²) < 4.78 is 0. The Kier molecular flexibility index (Phi) is 4.20. The first-order valence-corrected chi connectivity index (χ1v) is 8.31. The topological polar surface area (TPSA) is 12.9 Å². The van der Waals surface area contributed by atoms with Crippen molar-refractivity contribution in [1.82, 2.24) is 4.98 Å². The molecule has 104 valence electrons. The molecule has 0 spiro atoms. The number of nitrogens with zero attached hydrogens (tertiary/aromatic N) is 1. The van der Waals surface area contributed by atoms with Gasteiger partial charge in [0.15, 0.2) is 0 Å². The molecule has 3 rings (SSSR count). The first-order valence-electron chi connectivity index (χ1n) is 8.31. The largest absolute Gasteiger partial charge is 0.257 e. The fourth-order valence-electron chi connectivity index (χ4n) is 3.94. The number of hydrogen-bond donors (Lipinski definition) is 0. The van der Waals surface area contributed by atoms with E-state index in [0.29, 0.717) is 0 Å². The molecule has 0 aromatic carbocycles. The fourth-order valence-corrected chi connectivity index (χ4v) is 3.94. The molecule has 2 saturated carbocycles. The summed E-state index contributed by atoms with van der Waals surface area (Å²) in [6, 6.07) is 4.70. The normalized spacial score (nSPS) is 22.6. The van der Waals surface area contributed by atoms with Crippen LogP contribution in [0.3, 0.4) is 0 Å². The molecule has 0 radical (unpaired) electrons. The molecule has 0 bridgehead atoms. The molecule has 2 aliphatic carbocycles. The molecule has 19 heavy (non-hydrogen) atoms. The molecule has 0 amide bonds. The van der Waals surface area contributed by atoms with Crippen LogP contribution in [0.2, 0.25) is 0 Å². The lowest BCUT2D eigenvalue weighted by atomic mass is 9.84. The highest BCUT2D eigenvalue weighted by molar-refractivity contribution is 5.25. The highest BCUT2D eigenvalue weighted by Crippen LogP contribution is 2.35. The molecule has 1 heteroatoms. The third-order valence-corrected chi connectivity index (χ3v) is 5.06. The molecule has 1 nitrogen and oxygen atoms in total. The number of aryl methyl sites for hydroxylation is 1. The van der Waals surface area contributed by atoms with Crippen molar-refractivity contribution in [2.45, 2.75) is 83.0 Å². The summed E-state index contributed by atoms with van der Waals surface area (Å²) in [6.45, 7) is 2.25. The van der Waals surface area contributed by atoms with Crippen LogP contribution in [0, 0.1) is 6.92 Å².